The summed E-state index contributed by atoms with van der Waals surface area (Å²) < 4.78 is 33.3. The molecule has 0 saturated heterocycles. The summed E-state index contributed by atoms with van der Waals surface area (Å²) in [7, 11) is -4.40. The van der Waals surface area contributed by atoms with E-state index in [2.05, 4.69) is 160 Å². The van der Waals surface area contributed by atoms with E-state index >= 15 is 0 Å². The van der Waals surface area contributed by atoms with Crippen molar-refractivity contribution in [2.45, 2.75) is 354 Å². The molecule has 0 aliphatic rings. The predicted molar refractivity (Wildman–Crippen MR) is 413 cm³/mol. The van der Waals surface area contributed by atoms with Gasteiger partial charge in [0.05, 0.1) is 13.2 Å². The number of hydrogen-bond donors (Lipinski definition) is 2. The fourth-order valence-corrected chi connectivity index (χ4v) is 11.8. The van der Waals surface area contributed by atoms with E-state index in [0.717, 1.165) is 122 Å². The average molecular weight is 1340 g/mol. The van der Waals surface area contributed by atoms with Gasteiger partial charge in [-0.3, -0.25) is 18.6 Å². The molecule has 0 aromatic carbocycles. The molecule has 0 rings (SSSR count). The first-order chi connectivity index (χ1) is 46.8. The molecule has 0 aliphatic heterocycles. The summed E-state index contributed by atoms with van der Waals surface area (Å²) in [6, 6.07) is 0. The summed E-state index contributed by atoms with van der Waals surface area (Å²) in [5.41, 5.74) is 5.41. The lowest BCUT2D eigenvalue weighted by atomic mass is 10.0. The van der Waals surface area contributed by atoms with Crippen molar-refractivity contribution >= 4 is 19.8 Å². The molecule has 2 unspecified atom stereocenters. The molecule has 0 aliphatic carbocycles. The van der Waals surface area contributed by atoms with E-state index in [9.17, 15) is 19.0 Å². The Labute approximate surface area is 586 Å². The zero-order valence-corrected chi connectivity index (χ0v) is 62.3. The van der Waals surface area contributed by atoms with Crippen molar-refractivity contribution in [3.8, 4) is 0 Å². The van der Waals surface area contributed by atoms with E-state index in [0.29, 0.717) is 6.42 Å². The number of rotatable bonds is 73. The maximum Gasteiger partial charge on any atom is 0.472 e. The minimum Gasteiger partial charge on any atom is -0.462 e. The zero-order chi connectivity index (χ0) is 68.6. The van der Waals surface area contributed by atoms with Gasteiger partial charge >= 0.3 is 19.8 Å². The zero-order valence-electron chi connectivity index (χ0n) is 61.4. The number of esters is 2. The number of allylic oxidation sites excluding steroid dienone is 24. The van der Waals surface area contributed by atoms with Crippen molar-refractivity contribution in [2.75, 3.05) is 26.4 Å². The molecule has 0 radical (unpaired) electrons. The van der Waals surface area contributed by atoms with Crippen LogP contribution >= 0.6 is 7.82 Å². The highest BCUT2D eigenvalue weighted by Crippen LogP contribution is 2.43. The van der Waals surface area contributed by atoms with E-state index < -0.39 is 26.5 Å². The lowest BCUT2D eigenvalue weighted by Gasteiger charge is -2.19. The molecule has 0 aromatic rings. The van der Waals surface area contributed by atoms with Crippen LogP contribution in [0.15, 0.2) is 146 Å². The summed E-state index contributed by atoms with van der Waals surface area (Å²) >= 11 is 0. The number of ether oxygens (including phenoxy) is 2. The van der Waals surface area contributed by atoms with Gasteiger partial charge in [0, 0.05) is 19.4 Å². The van der Waals surface area contributed by atoms with Crippen molar-refractivity contribution in [3.63, 3.8) is 0 Å². The molecule has 0 saturated carbocycles. The van der Waals surface area contributed by atoms with E-state index in [-0.39, 0.29) is 38.6 Å². The van der Waals surface area contributed by atoms with Gasteiger partial charge in [-0.25, -0.2) is 4.57 Å². The fourth-order valence-electron chi connectivity index (χ4n) is 11.0. The van der Waals surface area contributed by atoms with Gasteiger partial charge < -0.3 is 20.1 Å². The molecule has 2 atom stereocenters. The predicted octanol–water partition coefficient (Wildman–Crippen LogP) is 26.5. The lowest BCUT2D eigenvalue weighted by Crippen LogP contribution is -2.29. The second-order valence-electron chi connectivity index (χ2n) is 25.8. The molecule has 544 valence electrons. The standard InChI is InChI=1S/C85H146NO8P/c1-3-5-7-9-11-13-15-17-19-21-23-25-27-29-31-33-35-37-39-40-41-42-44-45-47-49-51-53-55-57-59-61-63-65-67-69-71-73-75-77-84(87)91-81-83(82-93-95(89,90)92-80-79-86)94-85(88)78-76-74-72-70-68-66-64-62-60-58-56-54-52-50-48-46-43-38-36-34-32-30-28-26-24-22-20-18-16-14-12-10-8-6-4-2/h5-8,11-14,17-20,23-26,30,32,36,38,46,48,52,54,83H,3-4,9-10,15-16,21-22,27-29,31,33-35,37,39-45,47,49-51,53,55-82,86H2,1-2H3,(H,89,90)/b7-5-,8-6-,13-11-,14-12-,19-17-,20-18-,25-23-,26-24-,32-30-,38-36-,48-46-,54-52-. The highest BCUT2D eigenvalue weighted by molar-refractivity contribution is 7.47. The highest BCUT2D eigenvalue weighted by Gasteiger charge is 2.26. The number of carbonyl (C=O) groups excluding carboxylic acids is 2. The molecule has 10 heteroatoms. The number of phosphoric ester groups is 1. The van der Waals surface area contributed by atoms with Crippen molar-refractivity contribution in [1.29, 1.82) is 0 Å². The first-order valence-corrected chi connectivity index (χ1v) is 40.8. The van der Waals surface area contributed by atoms with Crippen molar-refractivity contribution < 1.29 is 37.6 Å². The van der Waals surface area contributed by atoms with Crippen LogP contribution in [-0.2, 0) is 32.7 Å². The molecule has 0 heterocycles. The second-order valence-corrected chi connectivity index (χ2v) is 27.3. The Bertz CT molecular complexity index is 2080. The van der Waals surface area contributed by atoms with Gasteiger partial charge in [-0.2, -0.15) is 0 Å². The maximum atomic E-state index is 12.8. The van der Waals surface area contributed by atoms with Crippen LogP contribution in [0, 0.1) is 0 Å². The monoisotopic (exact) mass is 1340 g/mol. The van der Waals surface area contributed by atoms with E-state index in [4.69, 9.17) is 24.3 Å². The quantitative estimate of drug-likeness (QED) is 0.0264. The van der Waals surface area contributed by atoms with Crippen LogP contribution in [0.1, 0.15) is 348 Å². The van der Waals surface area contributed by atoms with Crippen LogP contribution in [0.5, 0.6) is 0 Å². The Balaban J connectivity index is 3.84. The van der Waals surface area contributed by atoms with Gasteiger partial charge in [-0.1, -0.05) is 365 Å². The number of carbonyl (C=O) groups is 2. The number of unbranched alkanes of at least 4 members (excludes halogenated alkanes) is 36. The second kappa shape index (κ2) is 78.9. The third-order valence-corrected chi connectivity index (χ3v) is 17.7. The smallest absolute Gasteiger partial charge is 0.462 e. The first kappa shape index (κ1) is 90.9. The summed E-state index contributed by atoms with van der Waals surface area (Å²) in [4.78, 5) is 35.5. The summed E-state index contributed by atoms with van der Waals surface area (Å²) in [6.07, 6.45) is 114. The topological polar surface area (TPSA) is 134 Å². The van der Waals surface area contributed by atoms with Crippen molar-refractivity contribution in [1.82, 2.24) is 0 Å². The Morgan fingerprint density at radius 1 is 0.316 bits per heavy atom. The Morgan fingerprint density at radius 3 is 0.811 bits per heavy atom. The van der Waals surface area contributed by atoms with E-state index in [1.807, 2.05) is 0 Å². The Hall–Kier alpha value is -4.11. The molecular weight excluding hydrogens is 1190 g/mol. The largest absolute Gasteiger partial charge is 0.472 e. The van der Waals surface area contributed by atoms with Crippen LogP contribution in [0.25, 0.3) is 0 Å². The van der Waals surface area contributed by atoms with Gasteiger partial charge in [0.15, 0.2) is 6.10 Å². The molecular formula is C85H146NO8P. The van der Waals surface area contributed by atoms with Gasteiger partial charge in [-0.05, 0) is 116 Å². The normalized spacial score (nSPS) is 13.7. The van der Waals surface area contributed by atoms with E-state index in [1.165, 1.54) is 193 Å². The molecule has 95 heavy (non-hydrogen) atoms. The molecule has 0 spiro atoms. The molecule has 9 nitrogen and oxygen atoms in total. The number of hydrogen-bond acceptors (Lipinski definition) is 8. The van der Waals surface area contributed by atoms with Crippen LogP contribution in [0.4, 0.5) is 0 Å². The van der Waals surface area contributed by atoms with Gasteiger partial charge in [0.25, 0.3) is 0 Å². The molecule has 0 amide bonds. The van der Waals surface area contributed by atoms with Crippen LogP contribution in [0.3, 0.4) is 0 Å². The average Bonchev–Trinajstić information content (AvgIpc) is 3.32. The minimum absolute atomic E-state index is 0.0485. The SMILES string of the molecule is CC/C=C\C/C=C\C/C=C\C/C=C\C/C=C\C/C=C\C/C=C\C/C=C\CCCCCCCCCCCCC(=O)OC(COC(=O)CCCCCCCCCCCCCCCCCCCCCCCCCCCC/C=C\C/C=C\C/C=C\C/C=C\CC)COP(=O)(O)OCCN. The third-order valence-electron chi connectivity index (χ3n) is 16.7. The van der Waals surface area contributed by atoms with Crippen LogP contribution in [0.2, 0.25) is 0 Å². The third kappa shape index (κ3) is 78.8. The van der Waals surface area contributed by atoms with Gasteiger partial charge in [0.2, 0.25) is 0 Å². The highest BCUT2D eigenvalue weighted by atomic mass is 31.2. The Morgan fingerprint density at radius 2 is 0.547 bits per heavy atom. The molecule has 0 aromatic heterocycles. The van der Waals surface area contributed by atoms with Crippen LogP contribution < -0.4 is 5.73 Å². The lowest BCUT2D eigenvalue weighted by molar-refractivity contribution is -0.161. The molecule has 0 bridgehead atoms. The molecule has 3 N–H and O–H groups in total. The van der Waals surface area contributed by atoms with Gasteiger partial charge in [0.1, 0.15) is 6.61 Å². The van der Waals surface area contributed by atoms with Gasteiger partial charge in [-0.15, -0.1) is 0 Å². The maximum absolute atomic E-state index is 12.8. The first-order valence-electron chi connectivity index (χ1n) is 39.3. The molecule has 0 fully saturated rings. The fraction of sp³-hybridized carbons (Fsp3) is 0.694. The van der Waals surface area contributed by atoms with E-state index in [1.54, 1.807) is 0 Å². The van der Waals surface area contributed by atoms with Crippen molar-refractivity contribution in [3.05, 3.63) is 146 Å². The Kier molecular flexibility index (Phi) is 75.5. The summed E-state index contributed by atoms with van der Waals surface area (Å²) in [6.45, 7) is 3.54. The van der Waals surface area contributed by atoms with Crippen molar-refractivity contribution in [2.24, 2.45) is 5.73 Å². The summed E-state index contributed by atoms with van der Waals surface area (Å²) in [5.74, 6) is -0.825. The number of phosphoric acid groups is 1. The minimum atomic E-state index is -4.40. The number of nitrogens with two attached hydrogens (primary N) is 1. The summed E-state index contributed by atoms with van der Waals surface area (Å²) in [5, 5.41) is 0. The van der Waals surface area contributed by atoms with Crippen LogP contribution in [-0.4, -0.2) is 49.3 Å².